The number of hydrazone groups is 1. The van der Waals surface area contributed by atoms with Crippen LogP contribution in [0.4, 0.5) is 5.69 Å². The number of anilines is 1. The summed E-state index contributed by atoms with van der Waals surface area (Å²) >= 11 is 6.34. The van der Waals surface area contributed by atoms with Crippen LogP contribution < -0.4 is 10.7 Å². The van der Waals surface area contributed by atoms with E-state index in [1.54, 1.807) is 6.07 Å². The molecule has 2 N–H and O–H groups in total. The van der Waals surface area contributed by atoms with Gasteiger partial charge in [0.2, 0.25) is 5.91 Å². The summed E-state index contributed by atoms with van der Waals surface area (Å²) in [6.07, 6.45) is 0.603. The summed E-state index contributed by atoms with van der Waals surface area (Å²) in [5, 5.41) is 7.15. The largest absolute Gasteiger partial charge is 0.379 e. The monoisotopic (exact) mass is 350 g/mol. The summed E-state index contributed by atoms with van der Waals surface area (Å²) in [5.74, 6) is -0.506. The van der Waals surface area contributed by atoms with Crippen molar-refractivity contribution < 1.29 is 14.3 Å². The lowest BCUT2D eigenvalue weighted by Crippen LogP contribution is -2.35. The lowest BCUT2D eigenvalue weighted by molar-refractivity contribution is -0.121. The number of nitrogens with one attached hydrogen (secondary N) is 2. The molecule has 128 valence electrons. The Balaban J connectivity index is 1.61. The first-order chi connectivity index (χ1) is 11.6. The van der Waals surface area contributed by atoms with Crippen molar-refractivity contribution >= 4 is 34.8 Å². The zero-order chi connectivity index (χ0) is 16.9. The molecule has 2 amide bonds. The van der Waals surface area contributed by atoms with E-state index in [9.17, 15) is 9.59 Å². The molecule has 0 spiro atoms. The average molecular weight is 351 g/mol. The van der Waals surface area contributed by atoms with Crippen molar-refractivity contribution in [3.8, 4) is 0 Å². The zero-order valence-electron chi connectivity index (χ0n) is 13.2. The molecule has 2 heterocycles. The second kappa shape index (κ2) is 7.74. The fourth-order valence-electron chi connectivity index (χ4n) is 2.59. The molecule has 1 fully saturated rings. The number of amides is 2. The van der Waals surface area contributed by atoms with E-state index in [0.717, 1.165) is 38.4 Å². The van der Waals surface area contributed by atoms with Gasteiger partial charge in [0.15, 0.2) is 0 Å². The number of halogens is 1. The molecule has 0 aromatic heterocycles. The highest BCUT2D eigenvalue weighted by Crippen LogP contribution is 2.23. The minimum Gasteiger partial charge on any atom is -0.379 e. The smallest absolute Gasteiger partial charge is 0.271 e. The van der Waals surface area contributed by atoms with Gasteiger partial charge in [-0.15, -0.1) is 0 Å². The molecule has 0 bridgehead atoms. The average Bonchev–Trinajstić information content (AvgIpc) is 2.59. The molecule has 1 aromatic carbocycles. The van der Waals surface area contributed by atoms with Crippen LogP contribution in [0.3, 0.4) is 0 Å². The lowest BCUT2D eigenvalue weighted by Gasteiger charge is -2.27. The van der Waals surface area contributed by atoms with Crippen molar-refractivity contribution in [3.05, 3.63) is 28.8 Å². The Morgan fingerprint density at radius 2 is 2.12 bits per heavy atom. The standard InChI is InChI=1S/C16H19ClN4O3/c17-13-9-12(18-16(23)14-3-4-15(22)20-19-14)2-1-11(13)10-21-5-7-24-8-6-21/h1-2,9H,3-8,10H2,(H,18,23)(H,20,22). The normalized spacial score (nSPS) is 18.7. The third-order valence-corrected chi connectivity index (χ3v) is 4.33. The van der Waals surface area contributed by atoms with Crippen LogP contribution in [0.15, 0.2) is 23.3 Å². The Morgan fingerprint density at radius 1 is 1.33 bits per heavy atom. The van der Waals surface area contributed by atoms with Crippen molar-refractivity contribution in [2.45, 2.75) is 19.4 Å². The van der Waals surface area contributed by atoms with Crippen LogP contribution in [-0.4, -0.2) is 48.7 Å². The Labute approximate surface area is 145 Å². The third-order valence-electron chi connectivity index (χ3n) is 3.98. The number of carbonyl (C=O) groups excluding carboxylic acids is 2. The van der Waals surface area contributed by atoms with Gasteiger partial charge in [-0.1, -0.05) is 17.7 Å². The van der Waals surface area contributed by atoms with Gasteiger partial charge in [0.05, 0.1) is 13.2 Å². The SMILES string of the molecule is O=C1CCC(C(=O)Nc2ccc(CN3CCOCC3)c(Cl)c2)=NN1. The molecule has 7 nitrogen and oxygen atoms in total. The van der Waals surface area contributed by atoms with E-state index >= 15 is 0 Å². The molecule has 0 saturated carbocycles. The minimum absolute atomic E-state index is 0.179. The second-order valence-electron chi connectivity index (χ2n) is 5.74. The third kappa shape index (κ3) is 4.31. The summed E-state index contributed by atoms with van der Waals surface area (Å²) in [4.78, 5) is 25.5. The first-order valence-corrected chi connectivity index (χ1v) is 8.25. The van der Waals surface area contributed by atoms with E-state index in [1.807, 2.05) is 12.1 Å². The van der Waals surface area contributed by atoms with Crippen LogP contribution in [-0.2, 0) is 20.9 Å². The summed E-state index contributed by atoms with van der Waals surface area (Å²) < 4.78 is 5.34. The molecule has 1 aromatic rings. The Kier molecular flexibility index (Phi) is 5.44. The molecule has 8 heteroatoms. The van der Waals surface area contributed by atoms with Gasteiger partial charge in [0.1, 0.15) is 5.71 Å². The van der Waals surface area contributed by atoms with Gasteiger partial charge in [-0.25, -0.2) is 5.43 Å². The van der Waals surface area contributed by atoms with Crippen LogP contribution in [0.1, 0.15) is 18.4 Å². The number of nitrogens with zero attached hydrogens (tertiary/aromatic N) is 2. The highest BCUT2D eigenvalue weighted by atomic mass is 35.5. The number of morpholine rings is 1. The predicted octanol–water partition coefficient (Wildman–Crippen LogP) is 1.38. The van der Waals surface area contributed by atoms with Crippen molar-refractivity contribution in [2.75, 3.05) is 31.6 Å². The molecule has 2 aliphatic heterocycles. The van der Waals surface area contributed by atoms with Gasteiger partial charge in [0.25, 0.3) is 5.91 Å². The van der Waals surface area contributed by atoms with E-state index in [2.05, 4.69) is 20.7 Å². The molecule has 2 aliphatic rings. The Hall–Kier alpha value is -1.96. The number of hydrogen-bond donors (Lipinski definition) is 2. The number of ether oxygens (including phenoxy) is 1. The van der Waals surface area contributed by atoms with E-state index < -0.39 is 0 Å². The fourth-order valence-corrected chi connectivity index (χ4v) is 2.83. The number of rotatable bonds is 4. The van der Waals surface area contributed by atoms with E-state index in [4.69, 9.17) is 16.3 Å². The number of benzene rings is 1. The maximum absolute atomic E-state index is 12.1. The highest BCUT2D eigenvalue weighted by Gasteiger charge is 2.19. The molecular formula is C16H19ClN4O3. The summed E-state index contributed by atoms with van der Waals surface area (Å²) in [6.45, 7) is 4.02. The van der Waals surface area contributed by atoms with Gasteiger partial charge in [-0.05, 0) is 17.7 Å². The molecule has 0 atom stereocenters. The number of carbonyl (C=O) groups is 2. The number of hydrogen-bond acceptors (Lipinski definition) is 5. The highest BCUT2D eigenvalue weighted by molar-refractivity contribution is 6.43. The van der Waals surface area contributed by atoms with Crippen LogP contribution in [0.5, 0.6) is 0 Å². The Bertz CT molecular complexity index is 671. The lowest BCUT2D eigenvalue weighted by atomic mass is 10.1. The van der Waals surface area contributed by atoms with Crippen LogP contribution in [0, 0.1) is 0 Å². The van der Waals surface area contributed by atoms with Gasteiger partial charge in [0, 0.05) is 43.2 Å². The molecule has 0 aliphatic carbocycles. The maximum atomic E-state index is 12.1. The summed E-state index contributed by atoms with van der Waals surface area (Å²) in [6, 6.07) is 5.47. The first kappa shape index (κ1) is 16.9. The minimum atomic E-state index is -0.327. The fraction of sp³-hybridized carbons (Fsp3) is 0.438. The van der Waals surface area contributed by atoms with Crippen molar-refractivity contribution in [3.63, 3.8) is 0 Å². The quantitative estimate of drug-likeness (QED) is 0.859. The molecule has 0 unspecified atom stereocenters. The molecule has 3 rings (SSSR count). The zero-order valence-corrected chi connectivity index (χ0v) is 13.9. The van der Waals surface area contributed by atoms with Crippen molar-refractivity contribution in [1.29, 1.82) is 0 Å². The second-order valence-corrected chi connectivity index (χ2v) is 6.15. The molecular weight excluding hydrogens is 332 g/mol. The van der Waals surface area contributed by atoms with Gasteiger partial charge in [-0.2, -0.15) is 5.10 Å². The van der Waals surface area contributed by atoms with Gasteiger partial charge < -0.3 is 10.1 Å². The maximum Gasteiger partial charge on any atom is 0.271 e. The summed E-state index contributed by atoms with van der Waals surface area (Å²) in [5.41, 5.74) is 4.24. The topological polar surface area (TPSA) is 83.0 Å². The molecule has 1 saturated heterocycles. The molecule has 24 heavy (non-hydrogen) atoms. The van der Waals surface area contributed by atoms with Crippen LogP contribution in [0.2, 0.25) is 5.02 Å². The first-order valence-electron chi connectivity index (χ1n) is 7.87. The Morgan fingerprint density at radius 3 is 2.79 bits per heavy atom. The van der Waals surface area contributed by atoms with Gasteiger partial charge >= 0.3 is 0 Å². The van der Waals surface area contributed by atoms with E-state index in [1.165, 1.54) is 0 Å². The van der Waals surface area contributed by atoms with Crippen LogP contribution >= 0.6 is 11.6 Å². The van der Waals surface area contributed by atoms with Crippen molar-refractivity contribution in [2.24, 2.45) is 5.10 Å². The van der Waals surface area contributed by atoms with E-state index in [-0.39, 0.29) is 18.2 Å². The van der Waals surface area contributed by atoms with E-state index in [0.29, 0.717) is 22.8 Å². The predicted molar refractivity (Wildman–Crippen MR) is 91.0 cm³/mol. The molecule has 0 radical (unpaired) electrons. The van der Waals surface area contributed by atoms with Crippen molar-refractivity contribution in [1.82, 2.24) is 10.3 Å². The van der Waals surface area contributed by atoms with Crippen LogP contribution in [0.25, 0.3) is 0 Å². The van der Waals surface area contributed by atoms with Gasteiger partial charge in [-0.3, -0.25) is 14.5 Å². The summed E-state index contributed by atoms with van der Waals surface area (Å²) in [7, 11) is 0.